The number of hydrogen-bond donors (Lipinski definition) is 1. The highest BCUT2D eigenvalue weighted by Gasteiger charge is 2.10. The lowest BCUT2D eigenvalue weighted by molar-refractivity contribution is -0.116. The van der Waals surface area contributed by atoms with E-state index in [-0.39, 0.29) is 24.5 Å². The first-order valence-corrected chi connectivity index (χ1v) is 8.86. The molecule has 0 aliphatic carbocycles. The van der Waals surface area contributed by atoms with Gasteiger partial charge in [-0.05, 0) is 29.0 Å². The van der Waals surface area contributed by atoms with E-state index >= 15 is 0 Å². The molecule has 0 bridgehead atoms. The van der Waals surface area contributed by atoms with E-state index in [1.807, 2.05) is 72.8 Å². The summed E-state index contributed by atoms with van der Waals surface area (Å²) in [6, 6.07) is 23.1. The maximum absolute atomic E-state index is 12.4. The fraction of sp³-hybridized carbons (Fsp3) is 0.0870. The highest BCUT2D eigenvalue weighted by Crippen LogP contribution is 2.18. The fourth-order valence-corrected chi connectivity index (χ4v) is 3.10. The predicted molar refractivity (Wildman–Crippen MR) is 108 cm³/mol. The van der Waals surface area contributed by atoms with Crippen LogP contribution in [0.15, 0.2) is 79.0 Å². The number of nitrogens with zero attached hydrogens (tertiary/aromatic N) is 1. The number of ketones is 1. The first kappa shape index (κ1) is 16.9. The summed E-state index contributed by atoms with van der Waals surface area (Å²) >= 11 is 0. The van der Waals surface area contributed by atoms with Crippen LogP contribution in [0.1, 0.15) is 23.2 Å². The molecule has 132 valence electrons. The molecule has 0 saturated carbocycles. The lowest BCUT2D eigenvalue weighted by Gasteiger charge is -2.06. The van der Waals surface area contributed by atoms with Crippen LogP contribution < -0.4 is 5.32 Å². The third-order valence-corrected chi connectivity index (χ3v) is 4.52. The van der Waals surface area contributed by atoms with Crippen LogP contribution in [0.3, 0.4) is 0 Å². The van der Waals surface area contributed by atoms with Gasteiger partial charge in [0, 0.05) is 23.8 Å². The number of aromatic nitrogens is 1. The number of nitrogens with one attached hydrogen (secondary N) is 1. The van der Waals surface area contributed by atoms with Gasteiger partial charge in [0.1, 0.15) is 0 Å². The van der Waals surface area contributed by atoms with Crippen molar-refractivity contribution in [3.63, 3.8) is 0 Å². The van der Waals surface area contributed by atoms with Crippen LogP contribution in [0.4, 0.5) is 5.69 Å². The summed E-state index contributed by atoms with van der Waals surface area (Å²) in [6.45, 7) is 0. The molecule has 1 N–H and O–H groups in total. The van der Waals surface area contributed by atoms with E-state index < -0.39 is 0 Å². The second-order valence-electron chi connectivity index (χ2n) is 6.45. The Morgan fingerprint density at radius 3 is 2.37 bits per heavy atom. The predicted octanol–water partition coefficient (Wildman–Crippen LogP) is 4.99. The summed E-state index contributed by atoms with van der Waals surface area (Å²) < 4.78 is 0. The minimum absolute atomic E-state index is 0.0347. The summed E-state index contributed by atoms with van der Waals surface area (Å²) in [4.78, 5) is 29.0. The molecule has 0 atom stereocenters. The Morgan fingerprint density at radius 2 is 1.52 bits per heavy atom. The standard InChI is InChI=1S/C23H18N2O2/c26-22(19-10-9-16-5-1-2-6-17(16)13-19)11-12-23(27)25-20-14-18-7-3-4-8-21(18)24-15-20/h1-10,13-15H,11-12H2,(H,25,27). The fourth-order valence-electron chi connectivity index (χ4n) is 3.10. The van der Waals surface area contributed by atoms with Crippen LogP contribution in [0.5, 0.6) is 0 Å². The molecular formula is C23H18N2O2. The van der Waals surface area contributed by atoms with Gasteiger partial charge in [0.05, 0.1) is 17.4 Å². The van der Waals surface area contributed by atoms with Gasteiger partial charge in [0.2, 0.25) is 5.91 Å². The number of hydrogen-bond acceptors (Lipinski definition) is 3. The zero-order chi connectivity index (χ0) is 18.6. The zero-order valence-corrected chi connectivity index (χ0v) is 14.7. The maximum atomic E-state index is 12.4. The van der Waals surface area contributed by atoms with Crippen LogP contribution in [-0.4, -0.2) is 16.7 Å². The second-order valence-corrected chi connectivity index (χ2v) is 6.45. The smallest absolute Gasteiger partial charge is 0.224 e. The van der Waals surface area contributed by atoms with Gasteiger partial charge >= 0.3 is 0 Å². The number of pyridine rings is 1. The number of benzene rings is 3. The van der Waals surface area contributed by atoms with Gasteiger partial charge < -0.3 is 5.32 Å². The Kier molecular flexibility index (Phi) is 4.62. The molecule has 4 heteroatoms. The molecule has 3 aromatic carbocycles. The monoisotopic (exact) mass is 354 g/mol. The van der Waals surface area contributed by atoms with Crippen molar-refractivity contribution in [2.24, 2.45) is 0 Å². The number of carbonyl (C=O) groups is 2. The first-order chi connectivity index (χ1) is 13.2. The Morgan fingerprint density at radius 1 is 0.778 bits per heavy atom. The summed E-state index contributed by atoms with van der Waals surface area (Å²) in [7, 11) is 0. The maximum Gasteiger partial charge on any atom is 0.224 e. The number of carbonyl (C=O) groups excluding carboxylic acids is 2. The molecule has 1 heterocycles. The molecule has 4 nitrogen and oxygen atoms in total. The molecule has 4 aromatic rings. The molecule has 0 spiro atoms. The highest BCUT2D eigenvalue weighted by atomic mass is 16.2. The molecule has 1 aromatic heterocycles. The van der Waals surface area contributed by atoms with E-state index in [2.05, 4.69) is 10.3 Å². The Balaban J connectivity index is 1.39. The van der Waals surface area contributed by atoms with Crippen molar-refractivity contribution in [2.75, 3.05) is 5.32 Å². The number of para-hydroxylation sites is 1. The number of amides is 1. The van der Waals surface area contributed by atoms with Gasteiger partial charge in [-0.25, -0.2) is 0 Å². The third kappa shape index (κ3) is 3.85. The minimum Gasteiger partial charge on any atom is -0.325 e. The van der Waals surface area contributed by atoms with Crippen molar-refractivity contribution < 1.29 is 9.59 Å². The molecule has 0 aliphatic heterocycles. The minimum atomic E-state index is -0.193. The largest absolute Gasteiger partial charge is 0.325 e. The van der Waals surface area contributed by atoms with Crippen molar-refractivity contribution in [1.82, 2.24) is 4.98 Å². The average molecular weight is 354 g/mol. The SMILES string of the molecule is O=C(CCC(=O)c1ccc2ccccc2c1)Nc1cnc2ccccc2c1. The molecule has 0 unspecified atom stereocenters. The quantitative estimate of drug-likeness (QED) is 0.514. The van der Waals surface area contributed by atoms with Crippen molar-refractivity contribution in [2.45, 2.75) is 12.8 Å². The van der Waals surface area contributed by atoms with Gasteiger partial charge in [-0.3, -0.25) is 14.6 Å². The molecular weight excluding hydrogens is 336 g/mol. The molecule has 0 aliphatic rings. The van der Waals surface area contributed by atoms with Crippen molar-refractivity contribution >= 4 is 39.1 Å². The highest BCUT2D eigenvalue weighted by molar-refractivity contribution is 6.02. The molecule has 0 radical (unpaired) electrons. The lowest BCUT2D eigenvalue weighted by Crippen LogP contribution is -2.13. The van der Waals surface area contributed by atoms with Crippen LogP contribution in [-0.2, 0) is 4.79 Å². The number of fused-ring (bicyclic) bond motifs is 2. The van der Waals surface area contributed by atoms with E-state index in [1.54, 1.807) is 6.20 Å². The van der Waals surface area contributed by atoms with Crippen molar-refractivity contribution in [1.29, 1.82) is 0 Å². The van der Waals surface area contributed by atoms with Crippen LogP contribution >= 0.6 is 0 Å². The van der Waals surface area contributed by atoms with Gasteiger partial charge in [-0.1, -0.05) is 54.6 Å². The van der Waals surface area contributed by atoms with Gasteiger partial charge in [-0.15, -0.1) is 0 Å². The molecule has 4 rings (SSSR count). The number of anilines is 1. The van der Waals surface area contributed by atoms with Gasteiger partial charge in [-0.2, -0.15) is 0 Å². The van der Waals surface area contributed by atoms with Crippen LogP contribution in [0, 0.1) is 0 Å². The normalized spacial score (nSPS) is 10.8. The van der Waals surface area contributed by atoms with Crippen molar-refractivity contribution in [3.8, 4) is 0 Å². The van der Waals surface area contributed by atoms with E-state index in [0.29, 0.717) is 11.3 Å². The lowest BCUT2D eigenvalue weighted by atomic mass is 10.0. The Bertz CT molecular complexity index is 1150. The van der Waals surface area contributed by atoms with Gasteiger partial charge in [0.15, 0.2) is 5.78 Å². The first-order valence-electron chi connectivity index (χ1n) is 8.86. The topological polar surface area (TPSA) is 59.1 Å². The zero-order valence-electron chi connectivity index (χ0n) is 14.7. The van der Waals surface area contributed by atoms with E-state index in [0.717, 1.165) is 21.7 Å². The van der Waals surface area contributed by atoms with Crippen molar-refractivity contribution in [3.05, 3.63) is 84.6 Å². The van der Waals surface area contributed by atoms with Crippen LogP contribution in [0.25, 0.3) is 21.7 Å². The average Bonchev–Trinajstić information content (AvgIpc) is 2.71. The summed E-state index contributed by atoms with van der Waals surface area (Å²) in [6.07, 6.45) is 1.94. The molecule has 0 saturated heterocycles. The number of rotatable bonds is 5. The molecule has 27 heavy (non-hydrogen) atoms. The van der Waals surface area contributed by atoms with Gasteiger partial charge in [0.25, 0.3) is 0 Å². The third-order valence-electron chi connectivity index (χ3n) is 4.52. The number of Topliss-reactive ketones (excluding diaryl/α,β-unsaturated/α-hetero) is 1. The summed E-state index contributed by atoms with van der Waals surface area (Å²) in [5, 5.41) is 5.89. The van der Waals surface area contributed by atoms with Crippen LogP contribution in [0.2, 0.25) is 0 Å². The second kappa shape index (κ2) is 7.38. The van der Waals surface area contributed by atoms with E-state index in [4.69, 9.17) is 0 Å². The molecule has 1 amide bonds. The van der Waals surface area contributed by atoms with E-state index in [9.17, 15) is 9.59 Å². The Labute approximate surface area is 156 Å². The Hall–Kier alpha value is -3.53. The molecule has 0 fully saturated rings. The summed E-state index contributed by atoms with van der Waals surface area (Å²) in [5.74, 6) is -0.228. The van der Waals surface area contributed by atoms with E-state index in [1.165, 1.54) is 0 Å². The summed E-state index contributed by atoms with van der Waals surface area (Å²) in [5.41, 5.74) is 2.15.